The van der Waals surface area contributed by atoms with Gasteiger partial charge in [-0.25, -0.2) is 0 Å². The predicted octanol–water partition coefficient (Wildman–Crippen LogP) is 5.08. The van der Waals surface area contributed by atoms with Gasteiger partial charge in [-0.05, 0) is 69.9 Å². The highest BCUT2D eigenvalue weighted by atomic mass is 35.5. The number of fused-ring (bicyclic) bond motifs is 1. The fourth-order valence-electron chi connectivity index (χ4n) is 7.07. The first-order valence-corrected chi connectivity index (χ1v) is 15.3. The minimum Gasteiger partial charge on any atom is -0.465 e. The number of unbranched alkanes of at least 4 members (excludes halogenated alkanes) is 4. The lowest BCUT2D eigenvalue weighted by Crippen LogP contribution is -2.56. The van der Waals surface area contributed by atoms with Gasteiger partial charge < -0.3 is 24.4 Å². The summed E-state index contributed by atoms with van der Waals surface area (Å²) in [5, 5.41) is 9.69. The molecule has 1 N–H and O–H groups in total. The van der Waals surface area contributed by atoms with Crippen molar-refractivity contribution in [3.63, 3.8) is 0 Å². The number of para-hydroxylation sites is 1. The molecule has 224 valence electrons. The van der Waals surface area contributed by atoms with E-state index in [0.29, 0.717) is 62.2 Å². The molecule has 5 atom stereocenters. The summed E-state index contributed by atoms with van der Waals surface area (Å²) in [6, 6.07) is 6.17. The molecule has 1 aromatic rings. The second-order valence-electron chi connectivity index (χ2n) is 11.3. The van der Waals surface area contributed by atoms with Crippen LogP contribution in [-0.2, 0) is 23.9 Å². The summed E-state index contributed by atoms with van der Waals surface area (Å²) in [5.74, 6) is -2.55. The topological polar surface area (TPSA) is 96.4 Å². The van der Waals surface area contributed by atoms with Crippen molar-refractivity contribution >= 4 is 35.1 Å². The lowest BCUT2D eigenvalue weighted by Gasteiger charge is -2.37. The maximum atomic E-state index is 14.6. The number of amides is 2. The van der Waals surface area contributed by atoms with E-state index in [1.807, 2.05) is 19.1 Å². The van der Waals surface area contributed by atoms with Crippen LogP contribution in [0.4, 0.5) is 5.69 Å². The Morgan fingerprint density at radius 1 is 1.17 bits per heavy atom. The van der Waals surface area contributed by atoms with Crippen molar-refractivity contribution in [1.29, 1.82) is 0 Å². The summed E-state index contributed by atoms with van der Waals surface area (Å²) in [6.07, 6.45) is 9.40. The minimum atomic E-state index is -1.14. The number of rotatable bonds is 16. The number of hydrogen-bond donors (Lipinski definition) is 1. The van der Waals surface area contributed by atoms with Crippen LogP contribution in [0.15, 0.2) is 49.6 Å². The highest BCUT2D eigenvalue weighted by Gasteiger charge is 2.79. The van der Waals surface area contributed by atoms with E-state index in [0.717, 1.165) is 12.8 Å². The number of carbonyl (C=O) groups is 3. The molecule has 3 aliphatic heterocycles. The Hall–Kier alpha value is -2.68. The largest absolute Gasteiger partial charge is 0.465 e. The molecular formula is C32H43ClN2O6. The van der Waals surface area contributed by atoms with Gasteiger partial charge in [0.25, 0.3) is 5.91 Å². The van der Waals surface area contributed by atoms with Crippen LogP contribution >= 0.6 is 11.6 Å². The average molecular weight is 587 g/mol. The molecule has 3 saturated heterocycles. The van der Waals surface area contributed by atoms with Crippen LogP contribution in [0.3, 0.4) is 0 Å². The molecule has 3 fully saturated rings. The zero-order valence-electron chi connectivity index (χ0n) is 24.1. The zero-order valence-corrected chi connectivity index (χ0v) is 24.8. The molecule has 3 aliphatic rings. The molecule has 8 nitrogen and oxygen atoms in total. The van der Waals surface area contributed by atoms with Crippen molar-refractivity contribution in [2.45, 2.75) is 82.0 Å². The Kier molecular flexibility index (Phi) is 10.3. The van der Waals surface area contributed by atoms with Gasteiger partial charge in [-0.3, -0.25) is 14.4 Å². The van der Waals surface area contributed by atoms with Crippen LogP contribution in [0.1, 0.15) is 64.7 Å². The molecule has 41 heavy (non-hydrogen) atoms. The lowest BCUT2D eigenvalue weighted by molar-refractivity contribution is -0.161. The maximum absolute atomic E-state index is 14.6. The van der Waals surface area contributed by atoms with Gasteiger partial charge >= 0.3 is 5.97 Å². The monoisotopic (exact) mass is 586 g/mol. The van der Waals surface area contributed by atoms with Crippen molar-refractivity contribution in [3.8, 4) is 0 Å². The van der Waals surface area contributed by atoms with E-state index in [1.54, 1.807) is 34.1 Å². The third kappa shape index (κ3) is 5.71. The highest BCUT2D eigenvalue weighted by molar-refractivity contribution is 6.34. The Balaban J connectivity index is 1.71. The van der Waals surface area contributed by atoms with E-state index in [9.17, 15) is 19.5 Å². The third-order valence-electron chi connectivity index (χ3n) is 8.99. The van der Waals surface area contributed by atoms with Crippen LogP contribution in [0, 0.1) is 11.8 Å². The maximum Gasteiger partial charge on any atom is 0.312 e. The van der Waals surface area contributed by atoms with Gasteiger partial charge in [0.1, 0.15) is 17.6 Å². The number of nitrogens with zero attached hydrogens (tertiary/aromatic N) is 2. The first-order valence-electron chi connectivity index (χ1n) is 14.9. The van der Waals surface area contributed by atoms with Gasteiger partial charge in [0, 0.05) is 19.7 Å². The second kappa shape index (κ2) is 13.5. The van der Waals surface area contributed by atoms with Gasteiger partial charge in [0.05, 0.1) is 28.8 Å². The van der Waals surface area contributed by atoms with E-state index in [2.05, 4.69) is 13.2 Å². The van der Waals surface area contributed by atoms with E-state index in [1.165, 1.54) is 0 Å². The van der Waals surface area contributed by atoms with E-state index >= 15 is 0 Å². The molecule has 0 aromatic heterocycles. The molecule has 4 rings (SSSR count). The van der Waals surface area contributed by atoms with Crippen molar-refractivity contribution in [1.82, 2.24) is 4.90 Å². The van der Waals surface area contributed by atoms with Crippen LogP contribution < -0.4 is 4.90 Å². The summed E-state index contributed by atoms with van der Waals surface area (Å²) in [5.41, 5.74) is -1.47. The SMILES string of the molecule is C=CCCCCOC(=O)[C@@H]1[C@H]2C(=O)N(CCCCCO)C(C(=O)N(CC=C)c3ccccc3Cl)C23CC[C@@]1(CC)O3. The van der Waals surface area contributed by atoms with Crippen molar-refractivity contribution in [3.05, 3.63) is 54.6 Å². The number of ether oxygens (including phenoxy) is 2. The first kappa shape index (κ1) is 31.3. The Labute approximate surface area is 248 Å². The molecule has 1 aromatic carbocycles. The molecule has 0 radical (unpaired) electrons. The van der Waals surface area contributed by atoms with Gasteiger partial charge in [-0.1, -0.05) is 42.8 Å². The highest BCUT2D eigenvalue weighted by Crippen LogP contribution is 2.64. The third-order valence-corrected chi connectivity index (χ3v) is 9.31. The van der Waals surface area contributed by atoms with Crippen molar-refractivity contribution in [2.24, 2.45) is 11.8 Å². The number of benzene rings is 1. The van der Waals surface area contributed by atoms with Gasteiger partial charge in [-0.15, -0.1) is 13.2 Å². The number of esters is 1. The zero-order chi connectivity index (χ0) is 29.6. The number of anilines is 1. The Bertz CT molecular complexity index is 1140. The van der Waals surface area contributed by atoms with Crippen LogP contribution in [0.5, 0.6) is 0 Å². The molecule has 2 bridgehead atoms. The molecule has 0 aliphatic carbocycles. The van der Waals surface area contributed by atoms with Crippen LogP contribution in [0.25, 0.3) is 0 Å². The molecular weight excluding hydrogens is 544 g/mol. The van der Waals surface area contributed by atoms with E-state index in [-0.39, 0.29) is 31.6 Å². The molecule has 2 amide bonds. The van der Waals surface area contributed by atoms with Gasteiger partial charge in [0.2, 0.25) is 5.91 Å². The molecule has 3 heterocycles. The second-order valence-corrected chi connectivity index (χ2v) is 11.7. The summed E-state index contributed by atoms with van der Waals surface area (Å²) in [7, 11) is 0. The van der Waals surface area contributed by atoms with Crippen LogP contribution in [-0.4, -0.2) is 71.3 Å². The molecule has 2 unspecified atom stereocenters. The number of halogens is 1. The number of aliphatic hydroxyl groups excluding tert-OH is 1. The van der Waals surface area contributed by atoms with Gasteiger partial charge in [0.15, 0.2) is 0 Å². The normalized spacial score (nSPS) is 28.0. The van der Waals surface area contributed by atoms with Gasteiger partial charge in [-0.2, -0.15) is 0 Å². The van der Waals surface area contributed by atoms with Crippen LogP contribution in [0.2, 0.25) is 5.02 Å². The summed E-state index contributed by atoms with van der Waals surface area (Å²) in [4.78, 5) is 45.7. The van der Waals surface area contributed by atoms with E-state index in [4.69, 9.17) is 21.1 Å². The Morgan fingerprint density at radius 2 is 1.95 bits per heavy atom. The summed E-state index contributed by atoms with van der Waals surface area (Å²) in [6.45, 7) is 10.4. The quantitative estimate of drug-likeness (QED) is 0.165. The predicted molar refractivity (Wildman–Crippen MR) is 158 cm³/mol. The van der Waals surface area contributed by atoms with E-state index < -0.39 is 35.0 Å². The minimum absolute atomic E-state index is 0.0608. The number of likely N-dealkylation sites (tertiary alicyclic amines) is 1. The number of carbonyl (C=O) groups excluding carboxylic acids is 3. The summed E-state index contributed by atoms with van der Waals surface area (Å²) < 4.78 is 12.6. The number of allylic oxidation sites excluding steroid dienone is 1. The van der Waals surface area contributed by atoms with Crippen molar-refractivity contribution < 1.29 is 29.0 Å². The molecule has 1 spiro atoms. The molecule has 9 heteroatoms. The number of aliphatic hydroxyl groups is 1. The fraction of sp³-hybridized carbons (Fsp3) is 0.594. The standard InChI is InChI=1S/C32H43ClN2O6/c1-4-7-8-14-22-40-30(39)26-25-28(37)35(20-12-9-13-21-36)27(32(25)18-17-31(26,6-3)41-32)29(38)34(19-5-2)24-16-11-10-15-23(24)33/h4-5,10-11,15-16,25-27,36H,1-2,6-9,12-14,17-22H2,3H3/t25-,26-,27?,31+,32?/m0/s1. The first-order chi connectivity index (χ1) is 19.8. The fourth-order valence-corrected chi connectivity index (χ4v) is 7.31. The Morgan fingerprint density at radius 3 is 2.63 bits per heavy atom. The number of hydrogen-bond acceptors (Lipinski definition) is 6. The van der Waals surface area contributed by atoms with Crippen molar-refractivity contribution in [2.75, 3.05) is 31.2 Å². The summed E-state index contributed by atoms with van der Waals surface area (Å²) >= 11 is 6.54. The molecule has 0 saturated carbocycles. The average Bonchev–Trinajstić information content (AvgIpc) is 3.57. The smallest absolute Gasteiger partial charge is 0.312 e. The lowest BCUT2D eigenvalue weighted by atomic mass is 9.65.